The topological polar surface area (TPSA) is 33.2 Å². The standard InChI is InChI=1S/C18H14N2OS/c1-2-13-16(12-8-4-3-5-9-12)20(17(13)21)18-19-14-10-6-7-11-15(14)22-18/h2-11,16H,1H3/b13-2+. The van der Waals surface area contributed by atoms with E-state index in [2.05, 4.69) is 17.1 Å². The van der Waals surface area contributed by atoms with Crippen LogP contribution in [0.3, 0.4) is 0 Å². The summed E-state index contributed by atoms with van der Waals surface area (Å²) in [5.74, 6) is 0.0513. The quantitative estimate of drug-likeness (QED) is 0.521. The van der Waals surface area contributed by atoms with Gasteiger partial charge in [0.05, 0.1) is 16.3 Å². The van der Waals surface area contributed by atoms with Gasteiger partial charge in [0.1, 0.15) is 0 Å². The van der Waals surface area contributed by atoms with Crippen molar-refractivity contribution in [3.05, 3.63) is 71.8 Å². The van der Waals surface area contributed by atoms with Gasteiger partial charge in [-0.05, 0) is 24.6 Å². The van der Waals surface area contributed by atoms with Gasteiger partial charge in [0.2, 0.25) is 0 Å². The second-order valence-corrected chi connectivity index (χ2v) is 6.21. The molecule has 3 aromatic rings. The van der Waals surface area contributed by atoms with Crippen molar-refractivity contribution in [2.75, 3.05) is 4.90 Å². The number of para-hydroxylation sites is 1. The number of carbonyl (C=O) groups excluding carboxylic acids is 1. The van der Waals surface area contributed by atoms with E-state index in [1.807, 2.05) is 55.5 Å². The van der Waals surface area contributed by atoms with Gasteiger partial charge in [-0.1, -0.05) is 59.9 Å². The number of anilines is 1. The van der Waals surface area contributed by atoms with Crippen LogP contribution in [0.15, 0.2) is 66.2 Å². The number of β-lactam (4-membered cyclic amide) rings is 1. The normalized spacial score (nSPS) is 19.7. The Morgan fingerprint density at radius 3 is 2.55 bits per heavy atom. The third-order valence-electron chi connectivity index (χ3n) is 3.93. The van der Waals surface area contributed by atoms with Crippen LogP contribution >= 0.6 is 11.3 Å². The first-order valence-electron chi connectivity index (χ1n) is 7.20. The molecule has 3 nitrogen and oxygen atoms in total. The molecule has 1 saturated heterocycles. The summed E-state index contributed by atoms with van der Waals surface area (Å²) in [6.07, 6.45) is 1.91. The molecule has 0 aliphatic carbocycles. The monoisotopic (exact) mass is 306 g/mol. The van der Waals surface area contributed by atoms with Gasteiger partial charge < -0.3 is 0 Å². The molecule has 2 heterocycles. The Balaban J connectivity index is 1.81. The van der Waals surface area contributed by atoms with Crippen molar-refractivity contribution in [3.63, 3.8) is 0 Å². The molecule has 108 valence electrons. The van der Waals surface area contributed by atoms with Crippen LogP contribution in [-0.4, -0.2) is 10.9 Å². The highest BCUT2D eigenvalue weighted by Gasteiger charge is 2.44. The minimum atomic E-state index is -0.0285. The smallest absolute Gasteiger partial charge is 0.258 e. The van der Waals surface area contributed by atoms with Gasteiger partial charge in [-0.15, -0.1) is 0 Å². The zero-order valence-electron chi connectivity index (χ0n) is 12.1. The van der Waals surface area contributed by atoms with E-state index >= 15 is 0 Å². The average Bonchev–Trinajstić information content (AvgIpc) is 2.96. The van der Waals surface area contributed by atoms with Gasteiger partial charge in [0.15, 0.2) is 5.13 Å². The number of fused-ring (bicyclic) bond motifs is 1. The van der Waals surface area contributed by atoms with Crippen LogP contribution in [0.2, 0.25) is 0 Å². The predicted molar refractivity (Wildman–Crippen MR) is 90.0 cm³/mol. The highest BCUT2D eigenvalue weighted by Crippen LogP contribution is 2.45. The Bertz CT molecular complexity index is 849. The number of nitrogens with zero attached hydrogens (tertiary/aromatic N) is 2. The van der Waals surface area contributed by atoms with Gasteiger partial charge in [-0.2, -0.15) is 0 Å². The van der Waals surface area contributed by atoms with Crippen molar-refractivity contribution < 1.29 is 4.79 Å². The van der Waals surface area contributed by atoms with Crippen molar-refractivity contribution in [2.45, 2.75) is 13.0 Å². The molecular formula is C18H14N2OS. The Morgan fingerprint density at radius 1 is 1.09 bits per heavy atom. The molecule has 1 aliphatic heterocycles. The molecule has 22 heavy (non-hydrogen) atoms. The summed E-state index contributed by atoms with van der Waals surface area (Å²) in [5, 5.41) is 0.769. The fourth-order valence-electron chi connectivity index (χ4n) is 2.85. The number of allylic oxidation sites excluding steroid dienone is 1. The predicted octanol–water partition coefficient (Wildman–Crippen LogP) is 4.33. The molecule has 0 N–H and O–H groups in total. The van der Waals surface area contributed by atoms with Crippen LogP contribution in [0.25, 0.3) is 10.2 Å². The van der Waals surface area contributed by atoms with Crippen molar-refractivity contribution in [1.82, 2.24) is 4.98 Å². The first-order chi connectivity index (χ1) is 10.8. The highest BCUT2D eigenvalue weighted by molar-refractivity contribution is 7.22. The van der Waals surface area contributed by atoms with Crippen LogP contribution in [0.5, 0.6) is 0 Å². The molecule has 0 spiro atoms. The first kappa shape index (κ1) is 13.2. The van der Waals surface area contributed by atoms with Crippen LogP contribution in [0.1, 0.15) is 18.5 Å². The van der Waals surface area contributed by atoms with E-state index in [4.69, 9.17) is 0 Å². The van der Waals surface area contributed by atoms with Crippen molar-refractivity contribution >= 4 is 32.6 Å². The molecule has 0 bridgehead atoms. The lowest BCUT2D eigenvalue weighted by atomic mass is 9.88. The summed E-state index contributed by atoms with van der Waals surface area (Å²) in [6, 6.07) is 18.1. The number of hydrogen-bond donors (Lipinski definition) is 0. The minimum Gasteiger partial charge on any atom is -0.272 e. The molecule has 4 rings (SSSR count). The van der Waals surface area contributed by atoms with E-state index < -0.39 is 0 Å². The number of benzene rings is 2. The molecule has 0 saturated carbocycles. The summed E-state index contributed by atoms with van der Waals surface area (Å²) < 4.78 is 1.10. The Morgan fingerprint density at radius 2 is 1.82 bits per heavy atom. The van der Waals surface area contributed by atoms with Gasteiger partial charge in [0.25, 0.3) is 5.91 Å². The summed E-state index contributed by atoms with van der Waals surface area (Å²) >= 11 is 1.56. The molecule has 1 aliphatic rings. The maximum atomic E-state index is 12.5. The molecule has 1 atom stereocenters. The van der Waals surface area contributed by atoms with Crippen LogP contribution in [-0.2, 0) is 4.79 Å². The summed E-state index contributed by atoms with van der Waals surface area (Å²) in [6.45, 7) is 1.92. The second-order valence-electron chi connectivity index (χ2n) is 5.20. The van der Waals surface area contributed by atoms with E-state index in [1.54, 1.807) is 16.2 Å². The fraction of sp³-hybridized carbons (Fsp3) is 0.111. The number of rotatable bonds is 2. The van der Waals surface area contributed by atoms with Crippen molar-refractivity contribution in [3.8, 4) is 0 Å². The number of carbonyl (C=O) groups is 1. The molecule has 1 fully saturated rings. The maximum absolute atomic E-state index is 12.5. The van der Waals surface area contributed by atoms with E-state index in [-0.39, 0.29) is 11.9 Å². The molecule has 1 amide bonds. The second kappa shape index (κ2) is 5.07. The molecule has 1 aromatic heterocycles. The van der Waals surface area contributed by atoms with Gasteiger partial charge in [-0.25, -0.2) is 4.98 Å². The number of thiazole rings is 1. The fourth-order valence-corrected chi connectivity index (χ4v) is 3.84. The molecule has 4 heteroatoms. The molecule has 1 unspecified atom stereocenters. The third kappa shape index (κ3) is 1.88. The SMILES string of the molecule is C/C=C1/C(=O)N(c2nc3ccccc3s2)C1c1ccccc1. The average molecular weight is 306 g/mol. The largest absolute Gasteiger partial charge is 0.272 e. The molecule has 0 radical (unpaired) electrons. The summed E-state index contributed by atoms with van der Waals surface area (Å²) in [7, 11) is 0. The maximum Gasteiger partial charge on any atom is 0.258 e. The first-order valence-corrected chi connectivity index (χ1v) is 8.01. The van der Waals surface area contributed by atoms with E-state index in [1.165, 1.54) is 0 Å². The number of amides is 1. The molecule has 2 aromatic carbocycles. The Kier molecular flexibility index (Phi) is 3.05. The van der Waals surface area contributed by atoms with Crippen LogP contribution in [0, 0.1) is 0 Å². The van der Waals surface area contributed by atoms with E-state index in [9.17, 15) is 4.79 Å². The Hall–Kier alpha value is -2.46. The van der Waals surface area contributed by atoms with Crippen molar-refractivity contribution in [2.24, 2.45) is 0 Å². The lowest BCUT2D eigenvalue weighted by Gasteiger charge is -2.41. The summed E-state index contributed by atoms with van der Waals surface area (Å²) in [4.78, 5) is 18.9. The number of hydrogen-bond acceptors (Lipinski definition) is 3. The summed E-state index contributed by atoms with van der Waals surface area (Å²) in [5.41, 5.74) is 2.90. The lowest BCUT2D eigenvalue weighted by Crippen LogP contribution is -2.49. The van der Waals surface area contributed by atoms with Gasteiger partial charge in [0, 0.05) is 5.57 Å². The lowest BCUT2D eigenvalue weighted by molar-refractivity contribution is -0.119. The molecular weight excluding hydrogens is 292 g/mol. The van der Waals surface area contributed by atoms with E-state index in [0.29, 0.717) is 0 Å². The van der Waals surface area contributed by atoms with Gasteiger partial charge in [-0.3, -0.25) is 9.69 Å². The Labute approximate surface area is 132 Å². The zero-order chi connectivity index (χ0) is 15.1. The zero-order valence-corrected chi connectivity index (χ0v) is 12.9. The third-order valence-corrected chi connectivity index (χ3v) is 4.97. The number of aromatic nitrogens is 1. The van der Waals surface area contributed by atoms with Crippen molar-refractivity contribution in [1.29, 1.82) is 0 Å². The minimum absolute atomic E-state index is 0.0285. The highest BCUT2D eigenvalue weighted by atomic mass is 32.1. The van der Waals surface area contributed by atoms with E-state index in [0.717, 1.165) is 26.5 Å². The van der Waals surface area contributed by atoms with Gasteiger partial charge >= 0.3 is 0 Å². The van der Waals surface area contributed by atoms with Crippen LogP contribution in [0.4, 0.5) is 5.13 Å². The van der Waals surface area contributed by atoms with Crippen LogP contribution < -0.4 is 4.90 Å².